The van der Waals surface area contributed by atoms with Crippen molar-refractivity contribution in [1.82, 2.24) is 0 Å². The highest BCUT2D eigenvalue weighted by Crippen LogP contribution is 2.73. The fourth-order valence-electron chi connectivity index (χ4n) is 18.0. The molecule has 0 aromatic carbocycles. The lowest BCUT2D eigenvalue weighted by Crippen LogP contribution is -2.71. The Hall–Kier alpha value is -4.58. The van der Waals surface area contributed by atoms with Gasteiger partial charge in [-0.25, -0.2) is 36.7 Å². The van der Waals surface area contributed by atoms with Gasteiger partial charge in [0.2, 0.25) is 11.2 Å². The Morgan fingerprint density at radius 2 is 0.895 bits per heavy atom. The molecule has 0 spiro atoms. The number of alkyl halides is 4. The monoisotopic (exact) mass is 1070 g/mol. The van der Waals surface area contributed by atoms with Gasteiger partial charge in [-0.2, -0.15) is 0 Å². The van der Waals surface area contributed by atoms with Crippen LogP contribution >= 0.6 is 0 Å². The van der Waals surface area contributed by atoms with Gasteiger partial charge < -0.3 is 39.4 Å². The fourth-order valence-corrected chi connectivity index (χ4v) is 18.0. The van der Waals surface area contributed by atoms with Crippen LogP contribution in [0.2, 0.25) is 0 Å². The number of ether oxygens (including phenoxy) is 4. The van der Waals surface area contributed by atoms with Gasteiger partial charge in [0, 0.05) is 45.3 Å². The van der Waals surface area contributed by atoms with Crippen LogP contribution in [-0.2, 0) is 38.1 Å². The summed E-state index contributed by atoms with van der Waals surface area (Å²) < 4.78 is 88.7. The molecule has 0 amide bonds. The molecule has 8 saturated carbocycles. The van der Waals surface area contributed by atoms with Gasteiger partial charge in [0.1, 0.15) is 24.6 Å². The molecule has 0 heterocycles. The summed E-state index contributed by atoms with van der Waals surface area (Å²) in [4.78, 5) is 76.2. The molecule has 10 aliphatic carbocycles. The molecule has 0 aliphatic heterocycles. The Morgan fingerprint density at radius 1 is 0.553 bits per heavy atom. The summed E-state index contributed by atoms with van der Waals surface area (Å²) in [5.74, 6) is -8.42. The second-order valence-electron chi connectivity index (χ2n) is 25.6. The molecular formula is C58H76F4O14. The smallest absolute Gasteiger partial charge is 0.478 e. The third kappa shape index (κ3) is 7.70. The maximum atomic E-state index is 17.3. The van der Waals surface area contributed by atoms with Gasteiger partial charge in [-0.1, -0.05) is 66.5 Å². The first-order valence-electron chi connectivity index (χ1n) is 27.6. The van der Waals surface area contributed by atoms with Gasteiger partial charge in [-0.15, -0.1) is 0 Å². The van der Waals surface area contributed by atoms with Gasteiger partial charge in [-0.3, -0.25) is 9.59 Å². The number of carbonyl (C=O) groups is 6. The van der Waals surface area contributed by atoms with Crippen LogP contribution in [-0.4, -0.2) is 116 Å². The molecule has 18 heteroatoms. The molecule has 0 aromatic heterocycles. The van der Waals surface area contributed by atoms with Crippen LogP contribution in [0.5, 0.6) is 0 Å². The topological polar surface area (TPSA) is 220 Å². The first-order chi connectivity index (χ1) is 35.4. The van der Waals surface area contributed by atoms with E-state index >= 15 is 17.6 Å². The van der Waals surface area contributed by atoms with Gasteiger partial charge in [0.25, 0.3) is 0 Å². The summed E-state index contributed by atoms with van der Waals surface area (Å²) in [5.41, 5.74) is -14.8. The largest absolute Gasteiger partial charge is 0.509 e. The van der Waals surface area contributed by atoms with Crippen molar-refractivity contribution < 1.29 is 85.7 Å². The number of aliphatic carboxylic acids is 2. The summed E-state index contributed by atoms with van der Waals surface area (Å²) >= 11 is 0. The van der Waals surface area contributed by atoms with Gasteiger partial charge in [0.05, 0.1) is 12.2 Å². The van der Waals surface area contributed by atoms with Crippen LogP contribution in [0, 0.1) is 69.0 Å². The van der Waals surface area contributed by atoms with Crippen LogP contribution in [0.25, 0.3) is 0 Å². The standard InChI is InChI=1S/2C29H38F2O7/c2*1-15-7-5-6-8-22(15)37-25(36)38-29(24(34)35)16(2)11-18-19-13-21(30)20-12-17(32)9-10-26(20,3)28(19,31)23(33)14-27(18,29)4/h2*9-10,12,15-16,18-19,21-23,33H,5-8,11,13-14H2,1-4H3,(H,34,35)/t15-,16+,18-,19-,21-,22+,23-,26-,27-,28-,29-;15-,16-,18+,19+,21+,22+,23+,26+,27+,28+,29+/m01/s1. The highest BCUT2D eigenvalue weighted by atomic mass is 19.2. The number of fused-ring (bicyclic) bond motifs is 10. The molecule has 420 valence electrons. The SMILES string of the molecule is C[C@@H]1CCCC[C@@H]1OC(=O)O[C@]1(C(=O)O)[C@H](C)C[C@H]2[C@@H]3C[C@H](F)C4=CC(=O)C=C[C@]4(C)[C@@]3(F)[C@@H](O)C[C@@]21C.C[C@@H]1C[C@H]2[C@@H]3C[C@H](F)C4=CC(=O)C=C[C@]4(C)[C@@]3(F)[C@@H](O)C[C@]2(C)[C@@]1(OC(=O)O[C@@H]1CCCC[C@@H]1C)C(=O)O. The molecule has 0 saturated heterocycles. The van der Waals surface area contributed by atoms with Gasteiger partial charge in [0.15, 0.2) is 22.9 Å². The first kappa shape index (κ1) is 56.2. The summed E-state index contributed by atoms with van der Waals surface area (Å²) in [6.07, 6.45) is 3.86. The van der Waals surface area contributed by atoms with E-state index < -0.39 is 140 Å². The number of hydrogen-bond acceptors (Lipinski definition) is 12. The third-order valence-electron chi connectivity index (χ3n) is 22.0. The number of rotatable bonds is 6. The second-order valence-corrected chi connectivity index (χ2v) is 25.6. The number of carboxylic acids is 2. The Labute approximate surface area is 441 Å². The summed E-state index contributed by atoms with van der Waals surface area (Å²) in [6.45, 7) is 13.4. The molecular weight excluding hydrogens is 997 g/mol. The van der Waals surface area contributed by atoms with Gasteiger partial charge in [-0.05, 0) is 150 Å². The lowest BCUT2D eigenvalue weighted by molar-refractivity contribution is -0.232. The van der Waals surface area contributed by atoms with E-state index in [1.165, 1.54) is 38.2 Å². The molecule has 76 heavy (non-hydrogen) atoms. The Kier molecular flexibility index (Phi) is 14.1. The number of allylic oxidation sites excluding steroid dienone is 8. The fraction of sp³-hybridized carbons (Fsp3) is 0.759. The minimum Gasteiger partial charge on any atom is -0.478 e. The van der Waals surface area contributed by atoms with Crippen LogP contribution in [0.1, 0.15) is 145 Å². The molecule has 0 unspecified atom stereocenters. The van der Waals surface area contributed by atoms with Crippen LogP contribution in [0.15, 0.2) is 47.6 Å². The Bertz CT molecular complexity index is 2380. The molecule has 4 N–H and O–H groups in total. The predicted molar refractivity (Wildman–Crippen MR) is 265 cm³/mol. The number of carbonyl (C=O) groups excluding carboxylic acids is 4. The van der Waals surface area contributed by atoms with Crippen molar-refractivity contribution in [1.29, 1.82) is 0 Å². The average molecular weight is 1070 g/mol. The highest BCUT2D eigenvalue weighted by molar-refractivity contribution is 6.02. The first-order valence-corrected chi connectivity index (χ1v) is 27.6. The Balaban J connectivity index is 0.000000186. The van der Waals surface area contributed by atoms with Crippen molar-refractivity contribution in [3.8, 4) is 0 Å². The number of aliphatic hydroxyl groups excluding tert-OH is 2. The van der Waals surface area contributed by atoms with E-state index in [0.717, 1.165) is 50.7 Å². The normalized spacial score (nSPS) is 49.8. The van der Waals surface area contributed by atoms with Crippen LogP contribution < -0.4 is 0 Å². The summed E-state index contributed by atoms with van der Waals surface area (Å²) in [5, 5.41) is 44.0. The van der Waals surface area contributed by atoms with E-state index in [-0.39, 0.29) is 73.7 Å². The zero-order chi connectivity index (χ0) is 55.7. The second kappa shape index (κ2) is 19.1. The van der Waals surface area contributed by atoms with Crippen LogP contribution in [0.4, 0.5) is 27.2 Å². The highest BCUT2D eigenvalue weighted by Gasteiger charge is 2.81. The predicted octanol–water partition coefficient (Wildman–Crippen LogP) is 10.2. The minimum absolute atomic E-state index is 0.00313. The van der Waals surface area contributed by atoms with E-state index in [9.17, 15) is 49.2 Å². The van der Waals surface area contributed by atoms with Crippen molar-refractivity contribution in [2.24, 2.45) is 69.0 Å². The zero-order valence-corrected chi connectivity index (χ0v) is 44.8. The molecule has 10 rings (SSSR count). The lowest BCUT2D eigenvalue weighted by Gasteiger charge is -2.62. The van der Waals surface area contributed by atoms with Crippen molar-refractivity contribution in [2.75, 3.05) is 0 Å². The molecule has 8 fully saturated rings. The van der Waals surface area contributed by atoms with Crippen LogP contribution in [0.3, 0.4) is 0 Å². The average Bonchev–Trinajstić information content (AvgIpc) is 3.81. The van der Waals surface area contributed by atoms with Crippen molar-refractivity contribution in [3.63, 3.8) is 0 Å². The quantitative estimate of drug-likeness (QED) is 0.144. The number of carboxylic acid groups (broad SMARTS) is 2. The molecule has 0 radical (unpaired) electrons. The van der Waals surface area contributed by atoms with Gasteiger partial charge >= 0.3 is 24.2 Å². The molecule has 14 nitrogen and oxygen atoms in total. The summed E-state index contributed by atoms with van der Waals surface area (Å²) in [7, 11) is 0. The zero-order valence-electron chi connectivity index (χ0n) is 44.8. The van der Waals surface area contributed by atoms with Crippen molar-refractivity contribution >= 4 is 35.8 Å². The van der Waals surface area contributed by atoms with Crippen molar-refractivity contribution in [2.45, 2.75) is 205 Å². The van der Waals surface area contributed by atoms with E-state index in [4.69, 9.17) is 18.9 Å². The molecule has 0 bridgehead atoms. The summed E-state index contributed by atoms with van der Waals surface area (Å²) in [6, 6.07) is 0. The van der Waals surface area contributed by atoms with Crippen molar-refractivity contribution in [3.05, 3.63) is 47.6 Å². The number of hydrogen-bond donors (Lipinski definition) is 4. The third-order valence-corrected chi connectivity index (χ3v) is 22.0. The van der Waals surface area contributed by atoms with E-state index in [2.05, 4.69) is 0 Å². The lowest BCUT2D eigenvalue weighted by atomic mass is 9.44. The molecule has 0 aromatic rings. The maximum absolute atomic E-state index is 17.3. The molecule has 10 aliphatic rings. The maximum Gasteiger partial charge on any atom is 0.509 e. The van der Waals surface area contributed by atoms with E-state index in [1.807, 2.05) is 13.8 Å². The Morgan fingerprint density at radius 3 is 1.22 bits per heavy atom. The van der Waals surface area contributed by atoms with E-state index in [0.29, 0.717) is 12.8 Å². The number of ketones is 2. The number of halogens is 4. The van der Waals surface area contributed by atoms with E-state index in [1.54, 1.807) is 27.7 Å². The minimum atomic E-state index is -2.34. The number of aliphatic hydroxyl groups is 2. The molecule has 22 atom stereocenters.